The van der Waals surface area contributed by atoms with Gasteiger partial charge in [0.25, 0.3) is 5.91 Å². The molecule has 2 saturated heterocycles. The van der Waals surface area contributed by atoms with E-state index in [1.807, 2.05) is 13.0 Å². The van der Waals surface area contributed by atoms with Gasteiger partial charge in [0.1, 0.15) is 5.54 Å². The fourth-order valence-electron chi connectivity index (χ4n) is 2.30. The Bertz CT molecular complexity index is 507. The summed E-state index contributed by atoms with van der Waals surface area (Å²) >= 11 is 1.32. The number of carbonyl (C=O) groups excluding carboxylic acids is 2. The first-order chi connectivity index (χ1) is 8.61. The average molecular weight is 267 g/mol. The van der Waals surface area contributed by atoms with Gasteiger partial charge in [-0.05, 0) is 24.5 Å². The zero-order chi connectivity index (χ0) is 12.8. The molecule has 1 N–H and O–H groups in total. The third-order valence-corrected chi connectivity index (χ3v) is 4.12. The highest BCUT2D eigenvalue weighted by atomic mass is 32.1. The van der Waals surface area contributed by atoms with E-state index in [9.17, 15) is 9.59 Å². The van der Waals surface area contributed by atoms with Crippen LogP contribution in [0, 0.1) is 6.92 Å². The van der Waals surface area contributed by atoms with Crippen molar-refractivity contribution in [2.24, 2.45) is 0 Å². The number of aromatic nitrogens is 1. The molecular weight excluding hydrogens is 254 g/mol. The van der Waals surface area contributed by atoms with E-state index in [0.29, 0.717) is 13.0 Å². The standard InChI is InChI=1S/C11H13N3O3S/c1-7-4-8(18-13-7)5-14-9(15)11(12-10(14)16)2-3-17-6-11/h4H,2-3,5-6H2,1H3,(H,12,16). The normalized spacial score (nSPS) is 27.3. The van der Waals surface area contributed by atoms with Gasteiger partial charge >= 0.3 is 6.03 Å². The van der Waals surface area contributed by atoms with E-state index in [2.05, 4.69) is 9.69 Å². The van der Waals surface area contributed by atoms with Crippen LogP contribution in [0.1, 0.15) is 17.0 Å². The molecule has 1 aromatic rings. The molecule has 1 unspecified atom stereocenters. The maximum absolute atomic E-state index is 12.3. The van der Waals surface area contributed by atoms with E-state index in [0.717, 1.165) is 10.6 Å². The molecular formula is C11H13N3O3S. The van der Waals surface area contributed by atoms with Crippen LogP contribution in [-0.2, 0) is 16.1 Å². The number of rotatable bonds is 2. The smallest absolute Gasteiger partial charge is 0.325 e. The van der Waals surface area contributed by atoms with Gasteiger partial charge in [0, 0.05) is 17.9 Å². The molecule has 3 rings (SSSR count). The van der Waals surface area contributed by atoms with Crippen LogP contribution in [-0.4, -0.2) is 40.0 Å². The highest BCUT2D eigenvalue weighted by molar-refractivity contribution is 7.05. The molecule has 18 heavy (non-hydrogen) atoms. The molecule has 0 bridgehead atoms. The van der Waals surface area contributed by atoms with Crippen LogP contribution in [0.4, 0.5) is 4.79 Å². The van der Waals surface area contributed by atoms with E-state index in [4.69, 9.17) is 4.74 Å². The van der Waals surface area contributed by atoms with Gasteiger partial charge in [-0.25, -0.2) is 4.79 Å². The minimum absolute atomic E-state index is 0.184. The van der Waals surface area contributed by atoms with Crippen molar-refractivity contribution >= 4 is 23.5 Å². The summed E-state index contributed by atoms with van der Waals surface area (Å²) in [7, 11) is 0. The summed E-state index contributed by atoms with van der Waals surface area (Å²) in [5.41, 5.74) is 0.0811. The second-order valence-electron chi connectivity index (χ2n) is 4.64. The van der Waals surface area contributed by atoms with E-state index in [1.165, 1.54) is 16.4 Å². The summed E-state index contributed by atoms with van der Waals surface area (Å²) in [6.07, 6.45) is 0.551. The summed E-state index contributed by atoms with van der Waals surface area (Å²) in [5.74, 6) is -0.184. The topological polar surface area (TPSA) is 71.5 Å². The van der Waals surface area contributed by atoms with Gasteiger partial charge in [-0.3, -0.25) is 9.69 Å². The molecule has 1 spiro atoms. The number of ether oxygens (including phenoxy) is 1. The van der Waals surface area contributed by atoms with Crippen molar-refractivity contribution in [1.29, 1.82) is 0 Å². The van der Waals surface area contributed by atoms with Crippen LogP contribution in [0.25, 0.3) is 0 Å². The maximum Gasteiger partial charge on any atom is 0.325 e. The van der Waals surface area contributed by atoms with Crippen molar-refractivity contribution in [3.8, 4) is 0 Å². The van der Waals surface area contributed by atoms with Gasteiger partial charge in [0.2, 0.25) is 0 Å². The molecule has 2 aliphatic rings. The minimum Gasteiger partial charge on any atom is -0.378 e. The molecule has 0 aliphatic carbocycles. The monoisotopic (exact) mass is 267 g/mol. The van der Waals surface area contributed by atoms with Crippen LogP contribution >= 0.6 is 11.5 Å². The Morgan fingerprint density at radius 3 is 3.06 bits per heavy atom. The Hall–Kier alpha value is -1.47. The third-order valence-electron chi connectivity index (χ3n) is 3.26. The largest absolute Gasteiger partial charge is 0.378 e. The van der Waals surface area contributed by atoms with Gasteiger partial charge in [-0.15, -0.1) is 0 Å². The number of carbonyl (C=O) groups is 2. The molecule has 2 fully saturated rings. The second-order valence-corrected chi connectivity index (χ2v) is 5.53. The van der Waals surface area contributed by atoms with Gasteiger partial charge in [0.05, 0.1) is 18.8 Å². The number of urea groups is 1. The molecule has 3 heterocycles. The lowest BCUT2D eigenvalue weighted by Crippen LogP contribution is -2.47. The lowest BCUT2D eigenvalue weighted by molar-refractivity contribution is -0.131. The SMILES string of the molecule is Cc1cc(CN2C(=O)NC3(CCOC3)C2=O)sn1. The molecule has 7 heteroatoms. The van der Waals surface area contributed by atoms with Crippen molar-refractivity contribution in [2.75, 3.05) is 13.2 Å². The van der Waals surface area contributed by atoms with Crippen LogP contribution in [0.5, 0.6) is 0 Å². The Labute approximate surface area is 108 Å². The minimum atomic E-state index is -0.823. The highest BCUT2D eigenvalue weighted by Crippen LogP contribution is 2.28. The summed E-state index contributed by atoms with van der Waals surface area (Å²) in [6, 6.07) is 1.55. The number of nitrogens with one attached hydrogen (secondary N) is 1. The zero-order valence-corrected chi connectivity index (χ0v) is 10.7. The van der Waals surface area contributed by atoms with E-state index >= 15 is 0 Å². The fraction of sp³-hybridized carbons (Fsp3) is 0.545. The van der Waals surface area contributed by atoms with Crippen LogP contribution in [0.2, 0.25) is 0 Å². The number of imide groups is 1. The van der Waals surface area contributed by atoms with E-state index in [1.54, 1.807) is 0 Å². The Morgan fingerprint density at radius 1 is 1.61 bits per heavy atom. The summed E-state index contributed by atoms with van der Waals surface area (Å²) in [6.45, 7) is 2.96. The summed E-state index contributed by atoms with van der Waals surface area (Å²) in [5, 5.41) is 2.75. The highest BCUT2D eigenvalue weighted by Gasteiger charge is 2.53. The fourth-order valence-corrected chi connectivity index (χ4v) is 3.02. The first-order valence-corrected chi connectivity index (χ1v) is 6.52. The maximum atomic E-state index is 12.3. The molecule has 1 atom stereocenters. The zero-order valence-electron chi connectivity index (χ0n) is 9.93. The lowest BCUT2D eigenvalue weighted by Gasteiger charge is -2.17. The predicted molar refractivity (Wildman–Crippen MR) is 64.1 cm³/mol. The molecule has 6 nitrogen and oxygen atoms in total. The number of aryl methyl sites for hydroxylation is 1. The lowest BCUT2D eigenvalue weighted by atomic mass is 9.99. The number of amides is 3. The molecule has 0 aromatic carbocycles. The predicted octanol–water partition coefficient (Wildman–Crippen LogP) is 0.662. The number of hydrogen-bond donors (Lipinski definition) is 1. The summed E-state index contributed by atoms with van der Waals surface area (Å²) in [4.78, 5) is 26.3. The molecule has 2 aliphatic heterocycles. The van der Waals surface area contributed by atoms with Crippen molar-refractivity contribution in [3.63, 3.8) is 0 Å². The first kappa shape index (κ1) is 11.6. The van der Waals surface area contributed by atoms with Gasteiger partial charge in [0.15, 0.2) is 0 Å². The van der Waals surface area contributed by atoms with E-state index < -0.39 is 5.54 Å². The number of hydrogen-bond acceptors (Lipinski definition) is 5. The van der Waals surface area contributed by atoms with Crippen molar-refractivity contribution < 1.29 is 14.3 Å². The van der Waals surface area contributed by atoms with Crippen molar-refractivity contribution in [1.82, 2.24) is 14.6 Å². The molecule has 96 valence electrons. The Balaban J connectivity index is 1.80. The molecule has 0 radical (unpaired) electrons. The Morgan fingerprint density at radius 2 is 2.44 bits per heavy atom. The Kier molecular flexibility index (Phi) is 2.60. The van der Waals surface area contributed by atoms with E-state index in [-0.39, 0.29) is 25.1 Å². The molecule has 1 aromatic heterocycles. The average Bonchev–Trinajstić information content (AvgIpc) is 2.99. The van der Waals surface area contributed by atoms with Gasteiger partial charge < -0.3 is 10.1 Å². The van der Waals surface area contributed by atoms with Crippen molar-refractivity contribution in [3.05, 3.63) is 16.6 Å². The summed E-state index contributed by atoms with van der Waals surface area (Å²) < 4.78 is 9.38. The van der Waals surface area contributed by atoms with Gasteiger partial charge in [-0.1, -0.05) is 0 Å². The second kappa shape index (κ2) is 4.03. The molecule has 3 amide bonds. The van der Waals surface area contributed by atoms with Crippen LogP contribution in [0.3, 0.4) is 0 Å². The van der Waals surface area contributed by atoms with Crippen LogP contribution < -0.4 is 5.32 Å². The number of nitrogens with zero attached hydrogens (tertiary/aromatic N) is 2. The van der Waals surface area contributed by atoms with Crippen molar-refractivity contribution in [2.45, 2.75) is 25.4 Å². The first-order valence-electron chi connectivity index (χ1n) is 5.75. The van der Waals surface area contributed by atoms with Gasteiger partial charge in [-0.2, -0.15) is 4.37 Å². The third kappa shape index (κ3) is 1.70. The van der Waals surface area contributed by atoms with Crippen LogP contribution in [0.15, 0.2) is 6.07 Å². The molecule has 0 saturated carbocycles. The quantitative estimate of drug-likeness (QED) is 0.799.